The number of ether oxygens (including phenoxy) is 4. The second-order valence-corrected chi connectivity index (χ2v) is 7.56. The van der Waals surface area contributed by atoms with Gasteiger partial charge in [-0.2, -0.15) is 0 Å². The van der Waals surface area contributed by atoms with Gasteiger partial charge in [-0.25, -0.2) is 0 Å². The SMILES string of the molecule is COC(=O)CCC(Br)C1CC2CC(C(OC)OC)C(O)CC2O1. The van der Waals surface area contributed by atoms with Gasteiger partial charge >= 0.3 is 5.97 Å². The molecule has 0 aromatic carbocycles. The molecule has 1 aliphatic heterocycles. The molecule has 6 atom stereocenters. The van der Waals surface area contributed by atoms with Crippen LogP contribution in [0, 0.1) is 11.8 Å². The monoisotopic (exact) mass is 394 g/mol. The van der Waals surface area contributed by atoms with Crippen molar-refractivity contribution in [1.29, 1.82) is 0 Å². The fraction of sp³-hybridized carbons (Fsp3) is 0.938. The van der Waals surface area contributed by atoms with E-state index in [4.69, 9.17) is 14.2 Å². The van der Waals surface area contributed by atoms with Crippen LogP contribution in [0.4, 0.5) is 0 Å². The number of esters is 1. The number of methoxy groups -OCH3 is 3. The number of alkyl halides is 1. The number of halogens is 1. The van der Waals surface area contributed by atoms with E-state index in [9.17, 15) is 9.90 Å². The van der Waals surface area contributed by atoms with Crippen molar-refractivity contribution in [3.05, 3.63) is 0 Å². The Morgan fingerprint density at radius 2 is 1.96 bits per heavy atom. The summed E-state index contributed by atoms with van der Waals surface area (Å²) in [6.45, 7) is 0. The van der Waals surface area contributed by atoms with Crippen molar-refractivity contribution in [3.8, 4) is 0 Å². The summed E-state index contributed by atoms with van der Waals surface area (Å²) in [6, 6.07) is 0. The zero-order valence-corrected chi connectivity index (χ0v) is 15.5. The maximum Gasteiger partial charge on any atom is 0.305 e. The normalized spacial score (nSPS) is 35.1. The number of fused-ring (bicyclic) bond motifs is 1. The van der Waals surface area contributed by atoms with Crippen LogP contribution in [0.2, 0.25) is 0 Å². The quantitative estimate of drug-likeness (QED) is 0.403. The number of hydrogen-bond donors (Lipinski definition) is 1. The lowest BCUT2D eigenvalue weighted by Crippen LogP contribution is -2.43. The molecule has 1 saturated carbocycles. The summed E-state index contributed by atoms with van der Waals surface area (Å²) in [6.07, 6.45) is 2.67. The average molecular weight is 395 g/mol. The summed E-state index contributed by atoms with van der Waals surface area (Å²) < 4.78 is 21.4. The van der Waals surface area contributed by atoms with Crippen LogP contribution in [0.3, 0.4) is 0 Å². The number of aliphatic hydroxyl groups excluding tert-OH is 1. The van der Waals surface area contributed by atoms with E-state index in [2.05, 4.69) is 20.7 Å². The van der Waals surface area contributed by atoms with Crippen LogP contribution >= 0.6 is 15.9 Å². The van der Waals surface area contributed by atoms with Gasteiger partial charge in [0.25, 0.3) is 0 Å². The Morgan fingerprint density at radius 3 is 2.57 bits per heavy atom. The van der Waals surface area contributed by atoms with E-state index in [0.29, 0.717) is 25.2 Å². The first-order valence-electron chi connectivity index (χ1n) is 8.10. The summed E-state index contributed by atoms with van der Waals surface area (Å²) >= 11 is 3.64. The van der Waals surface area contributed by atoms with Crippen LogP contribution in [0.1, 0.15) is 32.1 Å². The minimum Gasteiger partial charge on any atom is -0.469 e. The molecule has 0 aromatic heterocycles. The Kier molecular flexibility index (Phi) is 7.28. The standard InChI is InChI=1S/C16H27BrO6/c1-20-15(19)5-4-11(17)14-7-9-6-10(16(21-2)22-3)12(18)8-13(9)23-14/h9-14,16,18H,4-8H2,1-3H3. The summed E-state index contributed by atoms with van der Waals surface area (Å²) in [7, 11) is 4.60. The lowest BCUT2D eigenvalue weighted by atomic mass is 9.76. The topological polar surface area (TPSA) is 74.2 Å². The van der Waals surface area contributed by atoms with Gasteiger partial charge in [0.2, 0.25) is 0 Å². The lowest BCUT2D eigenvalue weighted by molar-refractivity contribution is -0.181. The molecule has 0 bridgehead atoms. The molecule has 23 heavy (non-hydrogen) atoms. The minimum atomic E-state index is -0.483. The van der Waals surface area contributed by atoms with E-state index in [-0.39, 0.29) is 35.2 Å². The molecule has 1 aliphatic carbocycles. The van der Waals surface area contributed by atoms with Crippen LogP contribution in [-0.2, 0) is 23.7 Å². The molecule has 0 amide bonds. The first kappa shape index (κ1) is 19.1. The van der Waals surface area contributed by atoms with Crippen molar-refractivity contribution in [1.82, 2.24) is 0 Å². The molecular weight excluding hydrogens is 368 g/mol. The van der Waals surface area contributed by atoms with Crippen LogP contribution in [0.25, 0.3) is 0 Å². The summed E-state index contributed by atoms with van der Waals surface area (Å²) in [5.41, 5.74) is 0. The Morgan fingerprint density at radius 1 is 1.26 bits per heavy atom. The van der Waals surface area contributed by atoms with E-state index in [1.165, 1.54) is 7.11 Å². The van der Waals surface area contributed by atoms with Gasteiger partial charge < -0.3 is 24.1 Å². The third-order valence-corrected chi connectivity index (χ3v) is 6.07. The van der Waals surface area contributed by atoms with E-state index >= 15 is 0 Å². The van der Waals surface area contributed by atoms with Crippen molar-refractivity contribution < 1.29 is 28.8 Å². The smallest absolute Gasteiger partial charge is 0.305 e. The van der Waals surface area contributed by atoms with Gasteiger partial charge in [-0.15, -0.1) is 0 Å². The van der Waals surface area contributed by atoms with Crippen LogP contribution in [0.15, 0.2) is 0 Å². The number of aliphatic hydroxyl groups is 1. The zero-order chi connectivity index (χ0) is 17.0. The van der Waals surface area contributed by atoms with E-state index in [1.807, 2.05) is 0 Å². The first-order valence-corrected chi connectivity index (χ1v) is 9.01. The van der Waals surface area contributed by atoms with Crippen molar-refractivity contribution >= 4 is 21.9 Å². The highest BCUT2D eigenvalue weighted by Gasteiger charge is 2.47. The van der Waals surface area contributed by atoms with E-state index in [0.717, 1.165) is 12.8 Å². The molecule has 1 saturated heterocycles. The third kappa shape index (κ3) is 4.66. The molecule has 6 unspecified atom stereocenters. The molecule has 0 radical (unpaired) electrons. The number of carbonyl (C=O) groups is 1. The van der Waals surface area contributed by atoms with Crippen molar-refractivity contribution in [2.24, 2.45) is 11.8 Å². The van der Waals surface area contributed by atoms with Gasteiger partial charge in [-0.1, -0.05) is 15.9 Å². The Labute approximate surface area is 145 Å². The zero-order valence-electron chi connectivity index (χ0n) is 13.9. The van der Waals surface area contributed by atoms with Gasteiger partial charge in [0.1, 0.15) is 0 Å². The number of carbonyl (C=O) groups excluding carboxylic acids is 1. The van der Waals surface area contributed by atoms with Crippen molar-refractivity contribution in [2.45, 2.75) is 61.5 Å². The Hall–Kier alpha value is -0.210. The van der Waals surface area contributed by atoms with Crippen molar-refractivity contribution in [2.75, 3.05) is 21.3 Å². The summed E-state index contributed by atoms with van der Waals surface area (Å²) in [4.78, 5) is 11.4. The molecule has 0 aromatic rings. The molecule has 2 aliphatic rings. The largest absolute Gasteiger partial charge is 0.469 e. The molecule has 0 spiro atoms. The average Bonchev–Trinajstić information content (AvgIpc) is 2.96. The maximum absolute atomic E-state index is 11.3. The fourth-order valence-corrected chi connectivity index (χ4v) is 4.34. The summed E-state index contributed by atoms with van der Waals surface area (Å²) in [5.74, 6) is 0.153. The molecule has 1 heterocycles. The predicted molar refractivity (Wildman–Crippen MR) is 87.3 cm³/mol. The maximum atomic E-state index is 11.3. The highest BCUT2D eigenvalue weighted by molar-refractivity contribution is 9.09. The highest BCUT2D eigenvalue weighted by Crippen LogP contribution is 2.43. The van der Waals surface area contributed by atoms with Crippen LogP contribution in [0.5, 0.6) is 0 Å². The fourth-order valence-electron chi connectivity index (χ4n) is 3.77. The Balaban J connectivity index is 1.89. The number of hydrogen-bond acceptors (Lipinski definition) is 6. The second kappa shape index (κ2) is 8.76. The van der Waals surface area contributed by atoms with Crippen LogP contribution in [-0.4, -0.2) is 61.8 Å². The molecule has 6 nitrogen and oxygen atoms in total. The molecule has 1 N–H and O–H groups in total. The second-order valence-electron chi connectivity index (χ2n) is 6.38. The van der Waals surface area contributed by atoms with E-state index < -0.39 is 6.10 Å². The van der Waals surface area contributed by atoms with Gasteiger partial charge in [-0.3, -0.25) is 4.79 Å². The van der Waals surface area contributed by atoms with Gasteiger partial charge in [0.05, 0.1) is 25.4 Å². The predicted octanol–water partition coefficient (Wildman–Crippen LogP) is 1.87. The first-order chi connectivity index (χ1) is 11.0. The molecule has 2 fully saturated rings. The van der Waals surface area contributed by atoms with E-state index in [1.54, 1.807) is 14.2 Å². The highest BCUT2D eigenvalue weighted by atomic mass is 79.9. The summed E-state index contributed by atoms with van der Waals surface area (Å²) in [5, 5.41) is 10.4. The molecule has 7 heteroatoms. The molecule has 2 rings (SSSR count). The van der Waals surface area contributed by atoms with Gasteiger partial charge in [0, 0.05) is 37.8 Å². The third-order valence-electron chi connectivity index (χ3n) is 5.02. The Bertz CT molecular complexity index is 389. The van der Waals surface area contributed by atoms with Crippen LogP contribution < -0.4 is 0 Å². The molecule has 134 valence electrons. The molecular formula is C16H27BrO6. The van der Waals surface area contributed by atoms with Gasteiger partial charge in [-0.05, 0) is 25.2 Å². The van der Waals surface area contributed by atoms with Gasteiger partial charge in [0.15, 0.2) is 6.29 Å². The van der Waals surface area contributed by atoms with Crippen molar-refractivity contribution in [3.63, 3.8) is 0 Å². The number of rotatable bonds is 7. The lowest BCUT2D eigenvalue weighted by Gasteiger charge is -2.37. The minimum absolute atomic E-state index is 0.0301.